The summed E-state index contributed by atoms with van der Waals surface area (Å²) in [5.41, 5.74) is 1.85. The summed E-state index contributed by atoms with van der Waals surface area (Å²) in [4.78, 5) is 27.0. The predicted octanol–water partition coefficient (Wildman–Crippen LogP) is 3.72. The van der Waals surface area contributed by atoms with Gasteiger partial charge in [0.15, 0.2) is 0 Å². The van der Waals surface area contributed by atoms with Gasteiger partial charge in [-0.1, -0.05) is 44.2 Å². The van der Waals surface area contributed by atoms with Crippen molar-refractivity contribution in [3.63, 3.8) is 0 Å². The van der Waals surface area contributed by atoms with E-state index in [1.165, 1.54) is 0 Å². The summed E-state index contributed by atoms with van der Waals surface area (Å²) in [5, 5.41) is 9.99. The van der Waals surface area contributed by atoms with Crippen LogP contribution in [0.25, 0.3) is 0 Å². The molecular weight excluding hydrogens is 330 g/mol. The van der Waals surface area contributed by atoms with Crippen molar-refractivity contribution in [3.05, 3.63) is 65.2 Å². The predicted molar refractivity (Wildman–Crippen MR) is 98.4 cm³/mol. The lowest BCUT2D eigenvalue weighted by molar-refractivity contribution is -0.140. The van der Waals surface area contributed by atoms with Crippen molar-refractivity contribution in [2.45, 2.75) is 25.8 Å². The van der Waals surface area contributed by atoms with Crippen LogP contribution in [0.1, 0.15) is 47.3 Å². The van der Waals surface area contributed by atoms with Crippen LogP contribution in [0.15, 0.2) is 48.5 Å². The van der Waals surface area contributed by atoms with Gasteiger partial charge >= 0.3 is 5.97 Å². The highest BCUT2D eigenvalue weighted by Gasteiger charge is 2.44. The van der Waals surface area contributed by atoms with Gasteiger partial charge in [-0.15, -0.1) is 0 Å². The van der Waals surface area contributed by atoms with Crippen LogP contribution in [0.4, 0.5) is 0 Å². The maximum Gasteiger partial charge on any atom is 0.313 e. The number of carbonyl (C=O) groups is 2. The minimum Gasteiger partial charge on any atom is -0.497 e. The van der Waals surface area contributed by atoms with Gasteiger partial charge in [-0.2, -0.15) is 0 Å². The third-order valence-corrected chi connectivity index (χ3v) is 4.72. The number of carbonyl (C=O) groups excluding carboxylic acids is 1. The van der Waals surface area contributed by atoms with E-state index in [2.05, 4.69) is 0 Å². The molecule has 2 aromatic rings. The van der Waals surface area contributed by atoms with Crippen molar-refractivity contribution in [1.82, 2.24) is 4.90 Å². The Balaban J connectivity index is 2.17. The largest absolute Gasteiger partial charge is 0.497 e. The van der Waals surface area contributed by atoms with Crippen molar-refractivity contribution >= 4 is 11.9 Å². The molecule has 1 amide bonds. The van der Waals surface area contributed by atoms with Gasteiger partial charge in [0.1, 0.15) is 11.7 Å². The summed E-state index contributed by atoms with van der Waals surface area (Å²) in [7, 11) is 1.58. The molecule has 5 heteroatoms. The molecular formula is C21H23NO4. The van der Waals surface area contributed by atoms with Crippen LogP contribution in [-0.4, -0.2) is 35.5 Å². The molecule has 136 valence electrons. The Bertz CT molecular complexity index is 813. The smallest absolute Gasteiger partial charge is 0.313 e. The molecule has 5 nitrogen and oxygen atoms in total. The number of ether oxygens (including phenoxy) is 1. The van der Waals surface area contributed by atoms with Crippen LogP contribution in [0.5, 0.6) is 5.75 Å². The lowest BCUT2D eigenvalue weighted by Crippen LogP contribution is -2.46. The number of methoxy groups -OCH3 is 1. The first kappa shape index (κ1) is 18.0. The van der Waals surface area contributed by atoms with Crippen LogP contribution >= 0.6 is 0 Å². The van der Waals surface area contributed by atoms with E-state index >= 15 is 0 Å². The molecule has 1 N–H and O–H groups in total. The SMILES string of the molecule is COc1ccc(C2C(C(=O)O)c3ccccc3C(=O)N2CC(C)C)cc1. The lowest BCUT2D eigenvalue weighted by Gasteiger charge is -2.41. The molecule has 3 rings (SSSR count). The van der Waals surface area contributed by atoms with Crippen LogP contribution in [0.3, 0.4) is 0 Å². The molecule has 0 aliphatic carbocycles. The molecule has 2 aromatic carbocycles. The zero-order valence-electron chi connectivity index (χ0n) is 15.2. The summed E-state index contributed by atoms with van der Waals surface area (Å²) in [5.74, 6) is -0.943. The first-order valence-corrected chi connectivity index (χ1v) is 8.70. The molecule has 1 aliphatic heterocycles. The van der Waals surface area contributed by atoms with Crippen LogP contribution < -0.4 is 4.74 Å². The number of aliphatic carboxylic acids is 1. The van der Waals surface area contributed by atoms with Gasteiger partial charge < -0.3 is 14.7 Å². The second kappa shape index (κ2) is 7.20. The molecule has 0 aromatic heterocycles. The molecule has 0 saturated carbocycles. The van der Waals surface area contributed by atoms with Gasteiger partial charge in [-0.3, -0.25) is 9.59 Å². The molecule has 1 heterocycles. The topological polar surface area (TPSA) is 66.8 Å². The number of carboxylic acids is 1. The van der Waals surface area contributed by atoms with E-state index in [9.17, 15) is 14.7 Å². The van der Waals surface area contributed by atoms with Crippen molar-refractivity contribution in [3.8, 4) is 5.75 Å². The number of fused-ring (bicyclic) bond motifs is 1. The third-order valence-electron chi connectivity index (χ3n) is 4.72. The first-order chi connectivity index (χ1) is 12.4. The number of hydrogen-bond donors (Lipinski definition) is 1. The van der Waals surface area contributed by atoms with Gasteiger partial charge in [-0.05, 0) is 35.2 Å². The fourth-order valence-electron chi connectivity index (χ4n) is 3.63. The Labute approximate surface area is 153 Å². The quantitative estimate of drug-likeness (QED) is 0.890. The Hall–Kier alpha value is -2.82. The Morgan fingerprint density at radius 1 is 1.15 bits per heavy atom. The van der Waals surface area contributed by atoms with E-state index in [-0.39, 0.29) is 11.8 Å². The average molecular weight is 353 g/mol. The van der Waals surface area contributed by atoms with Gasteiger partial charge in [0, 0.05) is 12.1 Å². The molecule has 26 heavy (non-hydrogen) atoms. The van der Waals surface area contributed by atoms with Crippen molar-refractivity contribution in [2.75, 3.05) is 13.7 Å². The molecule has 1 aliphatic rings. The molecule has 0 saturated heterocycles. The average Bonchev–Trinajstić information content (AvgIpc) is 2.63. The highest BCUT2D eigenvalue weighted by molar-refractivity contribution is 6.00. The van der Waals surface area contributed by atoms with Gasteiger partial charge in [0.05, 0.1) is 13.2 Å². The highest BCUT2D eigenvalue weighted by atomic mass is 16.5. The molecule has 0 bridgehead atoms. The number of amides is 1. The summed E-state index contributed by atoms with van der Waals surface area (Å²) in [6.45, 7) is 4.54. The van der Waals surface area contributed by atoms with Crippen molar-refractivity contribution < 1.29 is 19.4 Å². The fraction of sp³-hybridized carbons (Fsp3) is 0.333. The monoisotopic (exact) mass is 353 g/mol. The molecule has 2 atom stereocenters. The highest BCUT2D eigenvalue weighted by Crippen LogP contribution is 2.43. The molecule has 2 unspecified atom stereocenters. The Morgan fingerprint density at radius 2 is 1.81 bits per heavy atom. The normalized spacial score (nSPS) is 19.4. The number of hydrogen-bond acceptors (Lipinski definition) is 3. The van der Waals surface area contributed by atoms with Gasteiger partial charge in [0.2, 0.25) is 0 Å². The standard InChI is InChI=1S/C21H23NO4/c1-13(2)12-22-19(14-8-10-15(26-3)11-9-14)18(21(24)25)16-6-4-5-7-17(16)20(22)23/h4-11,13,18-19H,12H2,1-3H3,(H,24,25). The second-order valence-corrected chi connectivity index (χ2v) is 6.97. The fourth-order valence-corrected chi connectivity index (χ4v) is 3.63. The van der Waals surface area contributed by atoms with Crippen molar-refractivity contribution in [1.29, 1.82) is 0 Å². The molecule has 0 radical (unpaired) electrons. The van der Waals surface area contributed by atoms with Crippen LogP contribution in [0, 0.1) is 5.92 Å². The summed E-state index contributed by atoms with van der Waals surface area (Å²) in [6, 6.07) is 13.7. The molecule has 0 spiro atoms. The number of nitrogens with zero attached hydrogens (tertiary/aromatic N) is 1. The van der Waals surface area contributed by atoms with E-state index < -0.39 is 17.9 Å². The Morgan fingerprint density at radius 3 is 2.38 bits per heavy atom. The van der Waals surface area contributed by atoms with Crippen molar-refractivity contribution in [2.24, 2.45) is 5.92 Å². The lowest BCUT2D eigenvalue weighted by atomic mass is 9.79. The number of carboxylic acid groups (broad SMARTS) is 1. The minimum atomic E-state index is -0.931. The van der Waals surface area contributed by atoms with Gasteiger partial charge in [0.25, 0.3) is 5.91 Å². The summed E-state index contributed by atoms with van der Waals surface area (Å²) in [6.07, 6.45) is 0. The van der Waals surface area contributed by atoms with E-state index in [0.717, 1.165) is 5.56 Å². The first-order valence-electron chi connectivity index (χ1n) is 8.70. The second-order valence-electron chi connectivity index (χ2n) is 6.97. The summed E-state index contributed by atoms with van der Waals surface area (Å²) >= 11 is 0. The van der Waals surface area contributed by atoms with E-state index in [4.69, 9.17) is 4.74 Å². The molecule has 0 fully saturated rings. The van der Waals surface area contributed by atoms with Crippen LogP contribution in [0.2, 0.25) is 0 Å². The Kier molecular flexibility index (Phi) is 4.98. The maximum absolute atomic E-state index is 13.1. The zero-order chi connectivity index (χ0) is 18.8. The van der Waals surface area contributed by atoms with E-state index in [0.29, 0.717) is 23.4 Å². The number of rotatable bonds is 5. The van der Waals surface area contributed by atoms with Gasteiger partial charge in [-0.25, -0.2) is 0 Å². The van der Waals surface area contributed by atoms with E-state index in [1.807, 2.05) is 26.0 Å². The van der Waals surface area contributed by atoms with Crippen LogP contribution in [-0.2, 0) is 4.79 Å². The maximum atomic E-state index is 13.1. The zero-order valence-corrected chi connectivity index (χ0v) is 15.2. The summed E-state index contributed by atoms with van der Waals surface area (Å²) < 4.78 is 5.20. The third kappa shape index (κ3) is 3.17. The number of benzene rings is 2. The van der Waals surface area contributed by atoms with E-state index in [1.54, 1.807) is 48.4 Å². The minimum absolute atomic E-state index is 0.118.